The van der Waals surface area contributed by atoms with Crippen LogP contribution in [0.4, 0.5) is 18.9 Å². The van der Waals surface area contributed by atoms with E-state index in [1.165, 1.54) is 12.1 Å². The van der Waals surface area contributed by atoms with Gasteiger partial charge in [0.25, 0.3) is 6.43 Å². The van der Waals surface area contributed by atoms with Gasteiger partial charge >= 0.3 is 0 Å². The summed E-state index contributed by atoms with van der Waals surface area (Å²) >= 11 is 0.0659. The van der Waals surface area contributed by atoms with Crippen LogP contribution in [-0.2, 0) is 22.5 Å². The molecule has 1 atom stereocenters. The van der Waals surface area contributed by atoms with Crippen LogP contribution in [0.5, 0.6) is 0 Å². The first kappa shape index (κ1) is 26.1. The third-order valence-electron chi connectivity index (χ3n) is 4.92. The number of nitrogens with zero attached hydrogens (tertiary/aromatic N) is 6. The monoisotopic (exact) mass is 514 g/mol. The number of piperazine rings is 1. The number of pyridine rings is 1. The number of ether oxygens (including phenoxy) is 1. The molecule has 184 valence electrons. The Morgan fingerprint density at radius 2 is 2.09 bits per heavy atom. The highest BCUT2D eigenvalue weighted by Crippen LogP contribution is 2.23. The van der Waals surface area contributed by atoms with Gasteiger partial charge in [-0.2, -0.15) is 5.10 Å². The van der Waals surface area contributed by atoms with Crippen LogP contribution in [0.25, 0.3) is 0 Å². The van der Waals surface area contributed by atoms with Gasteiger partial charge in [-0.25, -0.2) is 26.0 Å². The minimum Gasteiger partial charge on any atom is -0.470 e. The quantitative estimate of drug-likeness (QED) is 0.211. The molecule has 0 amide bonds. The van der Waals surface area contributed by atoms with Gasteiger partial charge in [-0.3, -0.25) is 9.29 Å². The molecule has 0 spiro atoms. The first-order chi connectivity index (χ1) is 16.4. The molecule has 1 fully saturated rings. The summed E-state index contributed by atoms with van der Waals surface area (Å²) in [6, 6.07) is 7.55. The average molecular weight is 515 g/mol. The van der Waals surface area contributed by atoms with E-state index in [1.807, 2.05) is 10.6 Å². The molecule has 2 heterocycles. The first-order valence-electron chi connectivity index (χ1n) is 10.3. The van der Waals surface area contributed by atoms with Crippen LogP contribution in [0.3, 0.4) is 0 Å². The van der Waals surface area contributed by atoms with Crippen LogP contribution >= 0.6 is 11.9 Å². The second kappa shape index (κ2) is 12.8. The molecule has 0 aliphatic carbocycles. The van der Waals surface area contributed by atoms with Crippen molar-refractivity contribution in [3.63, 3.8) is 0 Å². The van der Waals surface area contributed by atoms with Gasteiger partial charge in [0.2, 0.25) is 5.90 Å². The van der Waals surface area contributed by atoms with Crippen molar-refractivity contribution >= 4 is 41.4 Å². The Balaban J connectivity index is 1.83. The van der Waals surface area contributed by atoms with E-state index in [1.54, 1.807) is 40.8 Å². The molecule has 0 bridgehead atoms. The van der Waals surface area contributed by atoms with Gasteiger partial charge in [-0.1, -0.05) is 18.0 Å². The molecule has 1 aliphatic heterocycles. The second-order valence-electron chi connectivity index (χ2n) is 7.07. The van der Waals surface area contributed by atoms with Crippen molar-refractivity contribution in [3.8, 4) is 0 Å². The molecule has 1 aliphatic rings. The molecule has 1 unspecified atom stereocenters. The van der Waals surface area contributed by atoms with E-state index in [9.17, 15) is 13.0 Å². The van der Waals surface area contributed by atoms with E-state index in [-0.39, 0.29) is 23.6 Å². The summed E-state index contributed by atoms with van der Waals surface area (Å²) in [4.78, 5) is 4.11. The lowest BCUT2D eigenvalue weighted by atomic mass is 10.1. The van der Waals surface area contributed by atoms with Crippen LogP contribution in [0.15, 0.2) is 52.9 Å². The zero-order valence-electron chi connectivity index (χ0n) is 18.5. The second-order valence-corrected chi connectivity index (χ2v) is 9.37. The first-order valence-corrected chi connectivity index (χ1v) is 12.5. The van der Waals surface area contributed by atoms with Crippen molar-refractivity contribution in [1.29, 1.82) is 0 Å². The van der Waals surface area contributed by atoms with E-state index in [2.05, 4.69) is 26.2 Å². The number of halogens is 3. The highest BCUT2D eigenvalue weighted by Gasteiger charge is 2.27. The number of anilines is 1. The normalized spacial score (nSPS) is 16.4. The number of benzene rings is 1. The Labute approximate surface area is 203 Å². The third kappa shape index (κ3) is 7.01. The van der Waals surface area contributed by atoms with E-state index >= 15 is 4.39 Å². The highest BCUT2D eigenvalue weighted by atomic mass is 32.2. The van der Waals surface area contributed by atoms with Gasteiger partial charge in [-0.15, -0.1) is 5.10 Å². The smallest absolute Gasteiger partial charge is 0.272 e. The maximum Gasteiger partial charge on any atom is 0.272 e. The predicted octanol–water partition coefficient (Wildman–Crippen LogP) is 3.35. The Kier molecular flexibility index (Phi) is 9.86. The fourth-order valence-corrected chi connectivity index (χ4v) is 5.05. The lowest BCUT2D eigenvalue weighted by molar-refractivity contribution is 0.0765. The SMILES string of the molecule is C=N/N=C(\OCC(F)F)c1ccc(CN(c2cccnc2)S(=O)N2CCN(SC)CC2)c(F)c1. The summed E-state index contributed by atoms with van der Waals surface area (Å²) in [5, 5.41) is 6.87. The predicted molar refractivity (Wildman–Crippen MR) is 130 cm³/mol. The maximum atomic E-state index is 15.1. The van der Waals surface area contributed by atoms with Crippen molar-refractivity contribution in [2.75, 3.05) is 43.3 Å². The molecule has 13 heteroatoms. The molecular formula is C21H25F3N6O2S2. The minimum absolute atomic E-state index is 0.00274. The maximum absolute atomic E-state index is 15.1. The van der Waals surface area contributed by atoms with Gasteiger partial charge < -0.3 is 4.74 Å². The Hall–Kier alpha value is -2.48. The molecule has 0 radical (unpaired) electrons. The minimum atomic E-state index is -2.72. The fourth-order valence-electron chi connectivity index (χ4n) is 3.23. The van der Waals surface area contributed by atoms with Crippen LogP contribution in [0, 0.1) is 5.82 Å². The Morgan fingerprint density at radius 1 is 1.32 bits per heavy atom. The molecular weight excluding hydrogens is 489 g/mol. The van der Waals surface area contributed by atoms with Crippen LogP contribution in [-0.4, -0.2) is 75.9 Å². The van der Waals surface area contributed by atoms with E-state index in [0.29, 0.717) is 18.8 Å². The Bertz CT molecular complexity index is 1010. The summed E-state index contributed by atoms with van der Waals surface area (Å²) in [5.74, 6) is -0.895. The number of rotatable bonds is 10. The van der Waals surface area contributed by atoms with E-state index in [0.717, 1.165) is 19.2 Å². The average Bonchev–Trinajstić information content (AvgIpc) is 2.86. The standard InChI is InChI=1S/C21H25F3N6O2S2/c1-25-27-21(32-15-20(23)24)16-5-6-17(19(22)12-16)14-30(18-4-3-7-26-13-18)34(31)29-10-8-28(33-2)9-11-29/h3-7,12-13,20H,1,8-11,14-15H2,2H3/b27-21-. The van der Waals surface area contributed by atoms with Crippen molar-refractivity contribution in [2.24, 2.45) is 10.2 Å². The molecule has 0 saturated carbocycles. The summed E-state index contributed by atoms with van der Waals surface area (Å²) < 4.78 is 64.1. The zero-order chi connectivity index (χ0) is 24.5. The number of hydrogen-bond acceptors (Lipinski definition) is 7. The topological polar surface area (TPSA) is 73.6 Å². The van der Waals surface area contributed by atoms with Gasteiger partial charge in [-0.05, 0) is 30.5 Å². The summed E-state index contributed by atoms with van der Waals surface area (Å²) in [6.45, 7) is 4.99. The van der Waals surface area contributed by atoms with E-state index < -0.39 is 30.0 Å². The van der Waals surface area contributed by atoms with Gasteiger partial charge in [0.1, 0.15) is 5.82 Å². The molecule has 34 heavy (non-hydrogen) atoms. The summed E-state index contributed by atoms with van der Waals surface area (Å²) in [5.41, 5.74) is 0.968. The largest absolute Gasteiger partial charge is 0.470 e. The van der Waals surface area contributed by atoms with Crippen LogP contribution in [0.2, 0.25) is 0 Å². The third-order valence-corrected chi connectivity index (χ3v) is 7.33. The zero-order valence-corrected chi connectivity index (χ0v) is 20.2. The molecule has 3 rings (SSSR count). The highest BCUT2D eigenvalue weighted by molar-refractivity contribution is 7.96. The summed E-state index contributed by atoms with van der Waals surface area (Å²) in [6.07, 6.45) is 2.45. The molecule has 1 saturated heterocycles. The number of hydrogen-bond donors (Lipinski definition) is 0. The van der Waals surface area contributed by atoms with Gasteiger partial charge in [0.05, 0.1) is 18.4 Å². The van der Waals surface area contributed by atoms with Crippen molar-refractivity contribution < 1.29 is 22.1 Å². The lowest BCUT2D eigenvalue weighted by Gasteiger charge is -2.35. The van der Waals surface area contributed by atoms with Crippen molar-refractivity contribution in [1.82, 2.24) is 13.6 Å². The van der Waals surface area contributed by atoms with Crippen LogP contribution < -0.4 is 4.31 Å². The molecule has 1 aromatic heterocycles. The molecule has 8 nitrogen and oxygen atoms in total. The van der Waals surface area contributed by atoms with Gasteiger partial charge in [0, 0.05) is 50.2 Å². The lowest BCUT2D eigenvalue weighted by Crippen LogP contribution is -2.48. The molecule has 1 aromatic carbocycles. The number of alkyl halides is 2. The molecule has 0 N–H and O–H groups in total. The van der Waals surface area contributed by atoms with Crippen molar-refractivity contribution in [3.05, 3.63) is 59.7 Å². The van der Waals surface area contributed by atoms with Crippen LogP contribution in [0.1, 0.15) is 11.1 Å². The summed E-state index contributed by atoms with van der Waals surface area (Å²) in [7, 11) is 0. The van der Waals surface area contributed by atoms with E-state index in [4.69, 9.17) is 4.74 Å². The fraction of sp³-hybridized carbons (Fsp3) is 0.381. The number of aromatic nitrogens is 1. The molecule has 2 aromatic rings. The van der Waals surface area contributed by atoms with Crippen molar-refractivity contribution in [2.45, 2.75) is 13.0 Å². The Morgan fingerprint density at radius 3 is 2.68 bits per heavy atom. The van der Waals surface area contributed by atoms with Gasteiger partial charge in [0.15, 0.2) is 17.8 Å².